The van der Waals surface area contributed by atoms with E-state index in [4.69, 9.17) is 23.7 Å². The summed E-state index contributed by atoms with van der Waals surface area (Å²) in [5.74, 6) is -0.204. The number of methoxy groups -OCH3 is 1. The van der Waals surface area contributed by atoms with E-state index in [9.17, 15) is 4.79 Å². The molecule has 4 aromatic carbocycles. The molecule has 1 saturated heterocycles. The summed E-state index contributed by atoms with van der Waals surface area (Å²) in [6.07, 6.45) is -2.82. The lowest BCUT2D eigenvalue weighted by atomic mass is 9.96. The number of carbonyl (C=O) groups excluding carboxylic acids is 1. The summed E-state index contributed by atoms with van der Waals surface area (Å²) < 4.78 is 31.8. The number of carbonyl (C=O) groups is 1. The highest BCUT2D eigenvalue weighted by Gasteiger charge is 2.51. The van der Waals surface area contributed by atoms with Gasteiger partial charge in [-0.15, -0.1) is 0 Å². The van der Waals surface area contributed by atoms with Gasteiger partial charge in [-0.1, -0.05) is 120 Å². The summed E-state index contributed by atoms with van der Waals surface area (Å²) in [6.45, 7) is 2.93. The Labute approximate surface area is 258 Å². The van der Waals surface area contributed by atoms with Crippen molar-refractivity contribution in [1.29, 1.82) is 0 Å². The van der Waals surface area contributed by atoms with Crippen molar-refractivity contribution in [3.05, 3.63) is 138 Å². The molecule has 1 fully saturated rings. The second-order valence-electron chi connectivity index (χ2n) is 10.5. The average Bonchev–Trinajstić information content (AvgIpc) is 3.05. The molecule has 0 spiro atoms. The van der Waals surface area contributed by atoms with Crippen molar-refractivity contribution in [3.63, 3.8) is 0 Å². The fourth-order valence-electron chi connectivity index (χ4n) is 4.99. The third kappa shape index (κ3) is 8.86. The lowest BCUT2D eigenvalue weighted by Gasteiger charge is -2.45. The Balaban J connectivity index is 1.50. The number of ketones is 1. The minimum absolute atomic E-state index is 0.0985. The maximum absolute atomic E-state index is 13.5. The van der Waals surface area contributed by atoms with Gasteiger partial charge in [0, 0.05) is 12.0 Å². The van der Waals surface area contributed by atoms with Crippen LogP contribution in [-0.4, -0.2) is 49.4 Å². The van der Waals surface area contributed by atoms with E-state index in [1.807, 2.05) is 91.0 Å². The Hall–Kier alpha value is -3.30. The molecule has 0 unspecified atom stereocenters. The third-order valence-electron chi connectivity index (χ3n) is 7.23. The molecule has 0 saturated carbocycles. The number of Topliss-reactive ketones (excluding diaryl/α,β-unsaturated/α-hetero) is 1. The number of benzene rings is 4. The zero-order chi connectivity index (χ0) is 29.9. The first-order valence-electron chi connectivity index (χ1n) is 14.5. The molecule has 4 aromatic rings. The van der Waals surface area contributed by atoms with E-state index < -0.39 is 29.9 Å². The topological polar surface area (TPSA) is 63.2 Å². The van der Waals surface area contributed by atoms with Gasteiger partial charge in [0.1, 0.15) is 36.5 Å². The first-order chi connectivity index (χ1) is 21.1. The molecule has 0 N–H and O–H groups in total. The fourth-order valence-corrected chi connectivity index (χ4v) is 6.09. The van der Waals surface area contributed by atoms with Gasteiger partial charge in [0.05, 0.1) is 19.8 Å². The van der Waals surface area contributed by atoms with Crippen LogP contribution in [0.25, 0.3) is 0 Å². The summed E-state index contributed by atoms with van der Waals surface area (Å²) in [5, 5.41) is 0. The molecule has 0 bridgehead atoms. The number of thioether (sulfide) groups is 1. The Bertz CT molecular complexity index is 1380. The summed E-state index contributed by atoms with van der Waals surface area (Å²) in [6, 6.07) is 38.1. The van der Waals surface area contributed by atoms with E-state index >= 15 is 0 Å². The first-order valence-corrected chi connectivity index (χ1v) is 15.4. The Morgan fingerprint density at radius 1 is 0.651 bits per heavy atom. The van der Waals surface area contributed by atoms with Gasteiger partial charge in [0.25, 0.3) is 0 Å². The number of rotatable bonds is 14. The lowest BCUT2D eigenvalue weighted by molar-refractivity contribution is -0.243. The highest BCUT2D eigenvalue weighted by Crippen LogP contribution is 2.38. The summed E-state index contributed by atoms with van der Waals surface area (Å²) in [5.41, 5.74) is 3.65. The Morgan fingerprint density at radius 3 is 1.60 bits per heavy atom. The smallest absolute Gasteiger partial charge is 0.189 e. The molecule has 1 aliphatic heterocycles. The van der Waals surface area contributed by atoms with Gasteiger partial charge in [-0.05, 0) is 35.7 Å². The van der Waals surface area contributed by atoms with Crippen molar-refractivity contribution >= 4 is 17.5 Å². The van der Waals surface area contributed by atoms with E-state index in [1.165, 1.54) is 18.9 Å². The standard InChI is InChI=1S/C36H38O6S/c1-26-18-20-30(21-19-26)43-36-35(41-24-29-16-10-5-11-17-29)34(40-23-28-14-8-4-9-15-28)33(32(42-36)31(37)25-38-2)39-22-27-12-6-3-7-13-27/h3-21,32-36H,22-25H2,1-2H3/t32-,33-,34+,35-,36+/m1/s1. The number of hydrogen-bond donors (Lipinski definition) is 0. The molecule has 1 aliphatic rings. The second kappa shape index (κ2) is 16.0. The van der Waals surface area contributed by atoms with Gasteiger partial charge >= 0.3 is 0 Å². The molecule has 0 aliphatic carbocycles. The molecule has 224 valence electrons. The number of aryl methyl sites for hydroxylation is 1. The van der Waals surface area contributed by atoms with Crippen LogP contribution in [0.4, 0.5) is 0 Å². The van der Waals surface area contributed by atoms with Crippen molar-refractivity contribution in [3.8, 4) is 0 Å². The third-order valence-corrected chi connectivity index (χ3v) is 8.38. The fraction of sp³-hybridized carbons (Fsp3) is 0.306. The summed E-state index contributed by atoms with van der Waals surface area (Å²) in [7, 11) is 1.51. The van der Waals surface area contributed by atoms with E-state index in [0.29, 0.717) is 13.2 Å². The molecular formula is C36H38O6S. The predicted octanol–water partition coefficient (Wildman–Crippen LogP) is 6.78. The van der Waals surface area contributed by atoms with Gasteiger partial charge < -0.3 is 23.7 Å². The Kier molecular flexibility index (Phi) is 11.6. The van der Waals surface area contributed by atoms with Crippen molar-refractivity contribution in [2.75, 3.05) is 13.7 Å². The Morgan fingerprint density at radius 2 is 1.12 bits per heavy atom. The molecule has 5 atom stereocenters. The van der Waals surface area contributed by atoms with Crippen LogP contribution in [0.3, 0.4) is 0 Å². The van der Waals surface area contributed by atoms with Gasteiger partial charge in [0.15, 0.2) is 5.78 Å². The van der Waals surface area contributed by atoms with Crippen LogP contribution in [0.5, 0.6) is 0 Å². The maximum atomic E-state index is 13.5. The predicted molar refractivity (Wildman–Crippen MR) is 168 cm³/mol. The summed E-state index contributed by atoms with van der Waals surface area (Å²) >= 11 is 1.52. The monoisotopic (exact) mass is 598 g/mol. The molecule has 0 radical (unpaired) electrons. The van der Waals surface area contributed by atoms with Crippen LogP contribution in [0, 0.1) is 6.92 Å². The van der Waals surface area contributed by atoms with E-state index in [-0.39, 0.29) is 19.0 Å². The second-order valence-corrected chi connectivity index (χ2v) is 11.7. The zero-order valence-corrected chi connectivity index (χ0v) is 25.4. The maximum Gasteiger partial charge on any atom is 0.189 e. The molecule has 0 amide bonds. The van der Waals surface area contributed by atoms with E-state index in [1.54, 1.807) is 0 Å². The molecular weight excluding hydrogens is 560 g/mol. The molecule has 0 aromatic heterocycles. The van der Waals surface area contributed by atoms with Gasteiger partial charge in [-0.25, -0.2) is 0 Å². The average molecular weight is 599 g/mol. The first kappa shape index (κ1) is 31.1. The van der Waals surface area contributed by atoms with Crippen molar-refractivity contribution < 1.29 is 28.5 Å². The number of ether oxygens (including phenoxy) is 5. The molecule has 5 rings (SSSR count). The van der Waals surface area contributed by atoms with Crippen molar-refractivity contribution in [1.82, 2.24) is 0 Å². The molecule has 1 heterocycles. The zero-order valence-electron chi connectivity index (χ0n) is 24.5. The van der Waals surface area contributed by atoms with Crippen LogP contribution in [0.1, 0.15) is 22.3 Å². The van der Waals surface area contributed by atoms with E-state index in [0.717, 1.165) is 27.1 Å². The van der Waals surface area contributed by atoms with Crippen LogP contribution in [0.15, 0.2) is 120 Å². The van der Waals surface area contributed by atoms with E-state index in [2.05, 4.69) is 31.2 Å². The summed E-state index contributed by atoms with van der Waals surface area (Å²) in [4.78, 5) is 14.5. The van der Waals surface area contributed by atoms with Crippen LogP contribution in [-0.2, 0) is 48.3 Å². The largest absolute Gasteiger partial charge is 0.377 e. The highest BCUT2D eigenvalue weighted by atomic mass is 32.2. The normalized spacial score (nSPS) is 21.9. The highest BCUT2D eigenvalue weighted by molar-refractivity contribution is 7.99. The molecule has 6 nitrogen and oxygen atoms in total. The van der Waals surface area contributed by atoms with Crippen LogP contribution >= 0.6 is 11.8 Å². The van der Waals surface area contributed by atoms with Gasteiger partial charge in [-0.2, -0.15) is 0 Å². The van der Waals surface area contributed by atoms with Gasteiger partial charge in [0.2, 0.25) is 0 Å². The lowest BCUT2D eigenvalue weighted by Crippen LogP contribution is -2.61. The minimum Gasteiger partial charge on any atom is -0.377 e. The van der Waals surface area contributed by atoms with Crippen LogP contribution < -0.4 is 0 Å². The van der Waals surface area contributed by atoms with Gasteiger partial charge in [-0.3, -0.25) is 4.79 Å². The molecule has 43 heavy (non-hydrogen) atoms. The van der Waals surface area contributed by atoms with Crippen LogP contribution in [0.2, 0.25) is 0 Å². The quantitative estimate of drug-likeness (QED) is 0.159. The number of hydrogen-bond acceptors (Lipinski definition) is 7. The minimum atomic E-state index is -0.913. The van der Waals surface area contributed by atoms with Crippen molar-refractivity contribution in [2.24, 2.45) is 0 Å². The molecule has 7 heteroatoms. The van der Waals surface area contributed by atoms with Crippen molar-refractivity contribution in [2.45, 2.75) is 61.5 Å². The SMILES string of the molecule is COCC(=O)[C@H]1O[C@@H](Sc2ccc(C)cc2)[C@H](OCc2ccccc2)[C@@H](OCc2ccccc2)[C@@H]1OCc1ccccc1.